The summed E-state index contributed by atoms with van der Waals surface area (Å²) in [6.45, 7) is 0. The first-order valence-corrected chi connectivity index (χ1v) is 7.77. The summed E-state index contributed by atoms with van der Waals surface area (Å²) < 4.78 is 37.2. The highest BCUT2D eigenvalue weighted by molar-refractivity contribution is 5.29. The van der Waals surface area contributed by atoms with Crippen LogP contribution in [0.3, 0.4) is 0 Å². The number of nitrogens with one attached hydrogen (secondary N) is 1. The topological polar surface area (TPSA) is 12.0 Å². The molecule has 0 aliphatic heterocycles. The van der Waals surface area contributed by atoms with Gasteiger partial charge in [0.15, 0.2) is 0 Å². The Balaban J connectivity index is 2.12. The van der Waals surface area contributed by atoms with Crippen LogP contribution in [0.5, 0.6) is 0 Å². The fraction of sp³-hybridized carbons (Fsp3) is 0.647. The number of rotatable bonds is 6. The molecule has 21 heavy (non-hydrogen) atoms. The van der Waals surface area contributed by atoms with E-state index in [9.17, 15) is 13.2 Å². The zero-order valence-electron chi connectivity index (χ0n) is 12.5. The van der Waals surface area contributed by atoms with E-state index >= 15 is 0 Å². The molecule has 0 aromatic heterocycles. The van der Waals surface area contributed by atoms with Gasteiger partial charge in [0, 0.05) is 17.9 Å². The third-order valence-corrected chi connectivity index (χ3v) is 4.81. The fourth-order valence-electron chi connectivity index (χ4n) is 3.82. The van der Waals surface area contributed by atoms with Gasteiger partial charge in [-0.15, -0.1) is 0 Å². The maximum Gasteiger partial charge on any atom is 0.389 e. The largest absolute Gasteiger partial charge is 0.389 e. The summed E-state index contributed by atoms with van der Waals surface area (Å²) in [7, 11) is 1.88. The van der Waals surface area contributed by atoms with Crippen molar-refractivity contribution in [3.05, 3.63) is 35.9 Å². The average Bonchev–Trinajstić information content (AvgIpc) is 2.94. The van der Waals surface area contributed by atoms with Gasteiger partial charge in [0.05, 0.1) is 0 Å². The van der Waals surface area contributed by atoms with Crippen LogP contribution in [-0.2, 0) is 5.41 Å². The zero-order valence-corrected chi connectivity index (χ0v) is 12.5. The number of likely N-dealkylation sites (N-methyl/N-ethyl adjacent to an activating group) is 1. The Morgan fingerprint density at radius 3 is 2.29 bits per heavy atom. The molecule has 0 bridgehead atoms. The van der Waals surface area contributed by atoms with Crippen molar-refractivity contribution in [3.8, 4) is 0 Å². The SMILES string of the molecule is CNC(CCCC(F)(F)F)C1(c2ccccc2)CCCC1. The summed E-state index contributed by atoms with van der Waals surface area (Å²) in [6.07, 6.45) is 0.486. The van der Waals surface area contributed by atoms with Gasteiger partial charge in [-0.1, -0.05) is 43.2 Å². The van der Waals surface area contributed by atoms with Crippen LogP contribution >= 0.6 is 0 Å². The van der Waals surface area contributed by atoms with Crippen molar-refractivity contribution in [1.82, 2.24) is 5.32 Å². The van der Waals surface area contributed by atoms with E-state index in [2.05, 4.69) is 17.4 Å². The van der Waals surface area contributed by atoms with Crippen LogP contribution in [-0.4, -0.2) is 19.3 Å². The van der Waals surface area contributed by atoms with Crippen molar-refractivity contribution in [1.29, 1.82) is 0 Å². The third kappa shape index (κ3) is 4.00. The Bertz CT molecular complexity index is 421. The molecule has 0 saturated heterocycles. The lowest BCUT2D eigenvalue weighted by Crippen LogP contribution is -2.45. The highest BCUT2D eigenvalue weighted by Gasteiger charge is 2.42. The maximum absolute atomic E-state index is 12.4. The minimum atomic E-state index is -4.05. The van der Waals surface area contributed by atoms with E-state index < -0.39 is 12.6 Å². The molecule has 0 spiro atoms. The summed E-state index contributed by atoms with van der Waals surface area (Å²) in [5.41, 5.74) is 1.27. The molecule has 2 rings (SSSR count). The number of alkyl halides is 3. The molecule has 0 amide bonds. The Morgan fingerprint density at radius 1 is 1.14 bits per heavy atom. The summed E-state index contributed by atoms with van der Waals surface area (Å²) in [6, 6.07) is 10.4. The van der Waals surface area contributed by atoms with Gasteiger partial charge in [-0.2, -0.15) is 13.2 Å². The second kappa shape index (κ2) is 6.82. The molecule has 1 aliphatic carbocycles. The summed E-state index contributed by atoms with van der Waals surface area (Å²) in [5, 5.41) is 3.30. The minimum absolute atomic E-state index is 0.00160. The van der Waals surface area contributed by atoms with Gasteiger partial charge in [0.1, 0.15) is 0 Å². The number of benzene rings is 1. The molecule has 1 saturated carbocycles. The molecule has 1 nitrogen and oxygen atoms in total. The summed E-state index contributed by atoms with van der Waals surface area (Å²) >= 11 is 0. The third-order valence-electron chi connectivity index (χ3n) is 4.81. The minimum Gasteiger partial charge on any atom is -0.316 e. The van der Waals surface area contributed by atoms with E-state index in [4.69, 9.17) is 0 Å². The van der Waals surface area contributed by atoms with Crippen molar-refractivity contribution in [2.75, 3.05) is 7.05 Å². The lowest BCUT2D eigenvalue weighted by atomic mass is 9.71. The van der Waals surface area contributed by atoms with Crippen molar-refractivity contribution >= 4 is 0 Å². The van der Waals surface area contributed by atoms with Crippen LogP contribution < -0.4 is 5.32 Å². The Morgan fingerprint density at radius 2 is 1.76 bits per heavy atom. The number of hydrogen-bond donors (Lipinski definition) is 1. The van der Waals surface area contributed by atoms with Crippen LogP contribution in [0.15, 0.2) is 30.3 Å². The average molecular weight is 299 g/mol. The van der Waals surface area contributed by atoms with Crippen molar-refractivity contribution < 1.29 is 13.2 Å². The molecule has 1 unspecified atom stereocenters. The van der Waals surface area contributed by atoms with Crippen LogP contribution in [0.2, 0.25) is 0 Å². The van der Waals surface area contributed by atoms with Crippen molar-refractivity contribution in [3.63, 3.8) is 0 Å². The molecule has 118 valence electrons. The van der Waals surface area contributed by atoms with Gasteiger partial charge in [-0.25, -0.2) is 0 Å². The standard InChI is InChI=1S/C17H24F3N/c1-21-15(10-7-13-17(18,19)20)16(11-5-6-12-16)14-8-3-2-4-9-14/h2-4,8-9,15,21H,5-7,10-13H2,1H3. The van der Waals surface area contributed by atoms with Gasteiger partial charge in [-0.3, -0.25) is 0 Å². The molecule has 1 aliphatic rings. The van der Waals surface area contributed by atoms with Crippen molar-refractivity contribution in [2.24, 2.45) is 0 Å². The second-order valence-corrected chi connectivity index (χ2v) is 6.08. The number of hydrogen-bond acceptors (Lipinski definition) is 1. The van der Waals surface area contributed by atoms with Crippen LogP contribution in [0.1, 0.15) is 50.5 Å². The molecule has 1 fully saturated rings. The molecule has 4 heteroatoms. The maximum atomic E-state index is 12.4. The first-order chi connectivity index (χ1) is 9.98. The Kier molecular flexibility index (Phi) is 5.31. The lowest BCUT2D eigenvalue weighted by Gasteiger charge is -2.38. The van der Waals surface area contributed by atoms with Gasteiger partial charge < -0.3 is 5.32 Å². The Hall–Kier alpha value is -1.03. The van der Waals surface area contributed by atoms with Gasteiger partial charge in [-0.05, 0) is 38.3 Å². The van der Waals surface area contributed by atoms with E-state index in [-0.39, 0.29) is 17.9 Å². The monoisotopic (exact) mass is 299 g/mol. The predicted molar refractivity (Wildman–Crippen MR) is 79.3 cm³/mol. The highest BCUT2D eigenvalue weighted by atomic mass is 19.4. The van der Waals surface area contributed by atoms with Crippen LogP contribution in [0.4, 0.5) is 13.2 Å². The van der Waals surface area contributed by atoms with E-state index in [1.807, 2.05) is 25.2 Å². The number of halogens is 3. The van der Waals surface area contributed by atoms with E-state index in [1.165, 1.54) is 5.56 Å². The molecular formula is C17H24F3N. The molecule has 1 aromatic rings. The summed E-state index contributed by atoms with van der Waals surface area (Å²) in [4.78, 5) is 0. The Labute approximate surface area is 124 Å². The molecule has 1 N–H and O–H groups in total. The molecule has 1 aromatic carbocycles. The van der Waals surface area contributed by atoms with E-state index in [1.54, 1.807) is 0 Å². The van der Waals surface area contributed by atoms with E-state index in [0.717, 1.165) is 25.7 Å². The van der Waals surface area contributed by atoms with Crippen LogP contribution in [0.25, 0.3) is 0 Å². The van der Waals surface area contributed by atoms with Gasteiger partial charge in [0.25, 0.3) is 0 Å². The fourth-order valence-corrected chi connectivity index (χ4v) is 3.82. The van der Waals surface area contributed by atoms with Crippen molar-refractivity contribution in [2.45, 2.75) is 62.6 Å². The highest BCUT2D eigenvalue weighted by Crippen LogP contribution is 2.45. The lowest BCUT2D eigenvalue weighted by molar-refractivity contribution is -0.136. The molecule has 0 radical (unpaired) electrons. The summed E-state index contributed by atoms with van der Waals surface area (Å²) in [5.74, 6) is 0. The second-order valence-electron chi connectivity index (χ2n) is 6.08. The zero-order chi connectivity index (χ0) is 15.3. The van der Waals surface area contributed by atoms with E-state index in [0.29, 0.717) is 6.42 Å². The van der Waals surface area contributed by atoms with Crippen LogP contribution in [0, 0.1) is 0 Å². The van der Waals surface area contributed by atoms with Gasteiger partial charge >= 0.3 is 6.18 Å². The molecule has 0 heterocycles. The molecule has 1 atom stereocenters. The predicted octanol–water partition coefficient (Wildman–Crippen LogP) is 4.82. The smallest absolute Gasteiger partial charge is 0.316 e. The first-order valence-electron chi connectivity index (χ1n) is 7.77. The van der Waals surface area contributed by atoms with Gasteiger partial charge in [0.2, 0.25) is 0 Å². The molecular weight excluding hydrogens is 275 g/mol. The first kappa shape index (κ1) is 16.3. The quantitative estimate of drug-likeness (QED) is 0.794. The normalized spacial score (nSPS) is 19.6.